The molecule has 1 N–H and O–H groups in total. The first-order valence-electron chi connectivity index (χ1n) is 9.21. The van der Waals surface area contributed by atoms with E-state index < -0.39 is 0 Å². The highest BCUT2D eigenvalue weighted by Crippen LogP contribution is 2.34. The van der Waals surface area contributed by atoms with Crippen LogP contribution in [0.4, 0.5) is 0 Å². The van der Waals surface area contributed by atoms with E-state index in [9.17, 15) is 4.79 Å². The molecule has 2 heterocycles. The molecule has 0 aromatic heterocycles. The monoisotopic (exact) mass is 384 g/mol. The van der Waals surface area contributed by atoms with Crippen LogP contribution < -0.4 is 14.8 Å². The van der Waals surface area contributed by atoms with Gasteiger partial charge in [0, 0.05) is 32.1 Å². The van der Waals surface area contributed by atoms with Crippen molar-refractivity contribution in [2.45, 2.75) is 39.3 Å². The van der Waals surface area contributed by atoms with E-state index in [4.69, 9.17) is 14.2 Å². The number of amides is 1. The van der Waals surface area contributed by atoms with Crippen molar-refractivity contribution >= 4 is 18.3 Å². The van der Waals surface area contributed by atoms with Gasteiger partial charge in [-0.3, -0.25) is 4.79 Å². The van der Waals surface area contributed by atoms with Gasteiger partial charge in [-0.15, -0.1) is 12.4 Å². The summed E-state index contributed by atoms with van der Waals surface area (Å²) >= 11 is 0. The van der Waals surface area contributed by atoms with Gasteiger partial charge in [-0.1, -0.05) is 0 Å². The summed E-state index contributed by atoms with van der Waals surface area (Å²) in [6, 6.07) is 4.23. The number of ether oxygens (including phenoxy) is 3. The Morgan fingerprint density at radius 1 is 1.23 bits per heavy atom. The number of fused-ring (bicyclic) bond motifs is 1. The van der Waals surface area contributed by atoms with Gasteiger partial charge in [-0.2, -0.15) is 0 Å². The Bertz CT molecular complexity index is 605. The second-order valence-electron chi connectivity index (χ2n) is 6.43. The molecule has 1 unspecified atom stereocenters. The van der Waals surface area contributed by atoms with Gasteiger partial charge in [0.2, 0.25) is 5.91 Å². The predicted octanol–water partition coefficient (Wildman–Crippen LogP) is 2.17. The molecule has 2 aliphatic heterocycles. The van der Waals surface area contributed by atoms with Crippen molar-refractivity contribution in [2.75, 3.05) is 39.5 Å². The Morgan fingerprint density at radius 3 is 2.54 bits per heavy atom. The molecular weight excluding hydrogens is 356 g/mol. The van der Waals surface area contributed by atoms with Gasteiger partial charge >= 0.3 is 0 Å². The zero-order chi connectivity index (χ0) is 17.6. The SMILES string of the molecule is CCOc1cc2c(cc1OCC)CN(C(=O)CC1COCCN1)CC2.Cl. The van der Waals surface area contributed by atoms with Crippen LogP contribution in [0.2, 0.25) is 0 Å². The number of carbonyl (C=O) groups excluding carboxylic acids is 1. The molecule has 0 radical (unpaired) electrons. The van der Waals surface area contributed by atoms with E-state index in [0.29, 0.717) is 32.8 Å². The number of hydrogen-bond acceptors (Lipinski definition) is 5. The fourth-order valence-corrected chi connectivity index (χ4v) is 3.40. The first kappa shape index (κ1) is 20.8. The number of benzene rings is 1. The maximum atomic E-state index is 12.6. The zero-order valence-corrected chi connectivity index (χ0v) is 16.4. The highest BCUT2D eigenvalue weighted by Gasteiger charge is 2.25. The van der Waals surface area contributed by atoms with Gasteiger partial charge in [0.1, 0.15) is 0 Å². The lowest BCUT2D eigenvalue weighted by atomic mass is 9.98. The zero-order valence-electron chi connectivity index (χ0n) is 15.6. The second-order valence-corrected chi connectivity index (χ2v) is 6.43. The van der Waals surface area contributed by atoms with Crippen LogP contribution in [-0.4, -0.2) is 56.4 Å². The van der Waals surface area contributed by atoms with E-state index in [-0.39, 0.29) is 24.4 Å². The third kappa shape index (κ3) is 5.02. The lowest BCUT2D eigenvalue weighted by Gasteiger charge is -2.32. The van der Waals surface area contributed by atoms with E-state index in [1.54, 1.807) is 0 Å². The van der Waals surface area contributed by atoms with Crippen molar-refractivity contribution in [3.8, 4) is 11.5 Å². The highest BCUT2D eigenvalue weighted by atomic mass is 35.5. The fraction of sp³-hybridized carbons (Fsp3) is 0.632. The third-order valence-electron chi connectivity index (χ3n) is 4.65. The van der Waals surface area contributed by atoms with Gasteiger partial charge < -0.3 is 24.4 Å². The number of halogens is 1. The lowest BCUT2D eigenvalue weighted by Crippen LogP contribution is -2.46. The van der Waals surface area contributed by atoms with Gasteiger partial charge in [0.25, 0.3) is 0 Å². The number of carbonyl (C=O) groups is 1. The van der Waals surface area contributed by atoms with Gasteiger partial charge in [0.05, 0.1) is 26.4 Å². The maximum Gasteiger partial charge on any atom is 0.224 e. The normalized spacial score (nSPS) is 19.3. The smallest absolute Gasteiger partial charge is 0.224 e. The number of morpholine rings is 1. The van der Waals surface area contributed by atoms with Gasteiger partial charge in [0.15, 0.2) is 11.5 Å². The maximum absolute atomic E-state index is 12.6. The summed E-state index contributed by atoms with van der Waals surface area (Å²) in [5, 5.41) is 3.35. The highest BCUT2D eigenvalue weighted by molar-refractivity contribution is 5.85. The summed E-state index contributed by atoms with van der Waals surface area (Å²) in [7, 11) is 0. The summed E-state index contributed by atoms with van der Waals surface area (Å²) in [4.78, 5) is 14.6. The molecule has 26 heavy (non-hydrogen) atoms. The Balaban J connectivity index is 0.00000243. The number of nitrogens with one attached hydrogen (secondary N) is 1. The van der Waals surface area contributed by atoms with Crippen LogP contribution in [0.25, 0.3) is 0 Å². The Hall–Kier alpha value is -1.50. The molecule has 1 fully saturated rings. The minimum absolute atomic E-state index is 0. The first-order chi connectivity index (χ1) is 12.2. The van der Waals surface area contributed by atoms with Crippen LogP contribution in [-0.2, 0) is 22.5 Å². The van der Waals surface area contributed by atoms with Crippen molar-refractivity contribution in [1.82, 2.24) is 10.2 Å². The van der Waals surface area contributed by atoms with E-state index in [1.165, 1.54) is 5.56 Å². The Kier molecular flexibility index (Phi) is 8.00. The molecule has 1 aromatic rings. The van der Waals surface area contributed by atoms with Crippen molar-refractivity contribution in [1.29, 1.82) is 0 Å². The van der Waals surface area contributed by atoms with Crippen LogP contribution in [0.15, 0.2) is 12.1 Å². The fourth-order valence-electron chi connectivity index (χ4n) is 3.40. The molecule has 0 aliphatic carbocycles. The standard InChI is InChI=1S/C19H28N2O4.ClH/c1-3-24-17-9-14-5-7-21(12-15(14)10-18(17)25-4-2)19(22)11-16-13-23-8-6-20-16;/h9-10,16,20H,3-8,11-13H2,1-2H3;1H. The average Bonchev–Trinajstić information content (AvgIpc) is 2.63. The van der Waals surface area contributed by atoms with Crippen LogP contribution >= 0.6 is 12.4 Å². The summed E-state index contributed by atoms with van der Waals surface area (Å²) < 4.78 is 16.9. The molecule has 7 heteroatoms. The van der Waals surface area contributed by atoms with Crippen LogP contribution in [0.5, 0.6) is 11.5 Å². The van der Waals surface area contributed by atoms with Crippen molar-refractivity contribution in [3.05, 3.63) is 23.3 Å². The molecule has 2 aliphatic rings. The molecular formula is C19H29ClN2O4. The summed E-state index contributed by atoms with van der Waals surface area (Å²) in [6.07, 6.45) is 1.34. The summed E-state index contributed by atoms with van der Waals surface area (Å²) in [5.74, 6) is 1.74. The predicted molar refractivity (Wildman–Crippen MR) is 102 cm³/mol. The average molecular weight is 385 g/mol. The molecule has 6 nitrogen and oxygen atoms in total. The summed E-state index contributed by atoms with van der Waals surface area (Å²) in [5.41, 5.74) is 2.40. The molecule has 1 atom stereocenters. The number of hydrogen-bond donors (Lipinski definition) is 1. The van der Waals surface area contributed by atoms with E-state index in [2.05, 4.69) is 11.4 Å². The molecule has 0 saturated carbocycles. The van der Waals surface area contributed by atoms with Crippen molar-refractivity contribution in [2.24, 2.45) is 0 Å². The molecule has 146 valence electrons. The Morgan fingerprint density at radius 2 is 1.92 bits per heavy atom. The quantitative estimate of drug-likeness (QED) is 0.814. The summed E-state index contributed by atoms with van der Waals surface area (Å²) in [6.45, 7) is 8.68. The third-order valence-corrected chi connectivity index (χ3v) is 4.65. The molecule has 1 saturated heterocycles. The van der Waals surface area contributed by atoms with E-state index >= 15 is 0 Å². The molecule has 0 bridgehead atoms. The van der Waals surface area contributed by atoms with Gasteiger partial charge in [-0.25, -0.2) is 0 Å². The minimum atomic E-state index is 0. The minimum Gasteiger partial charge on any atom is -0.490 e. The van der Waals surface area contributed by atoms with Crippen molar-refractivity contribution in [3.63, 3.8) is 0 Å². The van der Waals surface area contributed by atoms with E-state index in [1.807, 2.05) is 24.8 Å². The molecule has 0 spiro atoms. The van der Waals surface area contributed by atoms with E-state index in [0.717, 1.165) is 43.2 Å². The Labute approximate surface area is 161 Å². The second kappa shape index (κ2) is 10.00. The number of rotatable bonds is 6. The number of nitrogens with zero attached hydrogens (tertiary/aromatic N) is 1. The van der Waals surface area contributed by atoms with Crippen molar-refractivity contribution < 1.29 is 19.0 Å². The molecule has 1 aromatic carbocycles. The topological polar surface area (TPSA) is 60.0 Å². The molecule has 1 amide bonds. The molecule has 3 rings (SSSR count). The lowest BCUT2D eigenvalue weighted by molar-refractivity contribution is -0.133. The largest absolute Gasteiger partial charge is 0.490 e. The van der Waals surface area contributed by atoms with Gasteiger partial charge in [-0.05, 0) is 43.5 Å². The van der Waals surface area contributed by atoms with Crippen LogP contribution in [0.3, 0.4) is 0 Å². The van der Waals surface area contributed by atoms with Crippen LogP contribution in [0, 0.1) is 0 Å². The first-order valence-corrected chi connectivity index (χ1v) is 9.21. The van der Waals surface area contributed by atoms with Crippen LogP contribution in [0.1, 0.15) is 31.4 Å².